The van der Waals surface area contributed by atoms with Crippen LogP contribution in [0.2, 0.25) is 0 Å². The molecule has 4 aliphatic carbocycles. The van der Waals surface area contributed by atoms with Crippen molar-refractivity contribution in [3.63, 3.8) is 0 Å². The fourth-order valence-corrected chi connectivity index (χ4v) is 17.8. The quantitative estimate of drug-likeness (QED) is 0.0154. The number of fused-ring (bicyclic) bond motifs is 2. The van der Waals surface area contributed by atoms with Gasteiger partial charge in [-0.1, -0.05) is 69.7 Å². The third-order valence-corrected chi connectivity index (χ3v) is 21.4. The first-order chi connectivity index (χ1) is 49.0. The van der Waals surface area contributed by atoms with Crippen LogP contribution in [-0.4, -0.2) is 163 Å². The summed E-state index contributed by atoms with van der Waals surface area (Å²) in [6.45, 7) is 11.3. The molecule has 3 aromatic heterocycles. The number of nitrogens with zero attached hydrogens (tertiary/aromatic N) is 8. The van der Waals surface area contributed by atoms with Crippen LogP contribution in [-0.2, 0) is 64.4 Å². The van der Waals surface area contributed by atoms with E-state index >= 15 is 0 Å². The van der Waals surface area contributed by atoms with Gasteiger partial charge in [0.05, 0.1) is 28.6 Å². The zero-order chi connectivity index (χ0) is 73.7. The van der Waals surface area contributed by atoms with Crippen molar-refractivity contribution < 1.29 is 72.4 Å². The number of rotatable bonds is 32. The van der Waals surface area contributed by atoms with E-state index in [0.717, 1.165) is 59.3 Å². The average molecular weight is 1430 g/mol. The van der Waals surface area contributed by atoms with Gasteiger partial charge in [0, 0.05) is 98.5 Å². The molecule has 2 unspecified atom stereocenters. The largest absolute Gasteiger partial charge is 0.482 e. The SMILES string of the molecule is Cc1c(-c2ccc(N3CCc4c(OCC(=O)O)ccc(C(=O)Nc5nc6ccccc6s5)c4C3)nc2C(=O)O)cnn1CC12CC3(C)CC(C)(C1)CC(OCCN(C)C(=O)OCc1ccc(N(C(=O)[C@@H](NC(=O)CCCCCN4C(=O)C=CC4=O)C(C)C)[C@@H](CCCNC(N)=O)C(N)=O)cc1)(C3)C2. The van der Waals surface area contributed by atoms with Crippen molar-refractivity contribution in [1.29, 1.82) is 0 Å². The highest BCUT2D eigenvalue weighted by Crippen LogP contribution is 2.72. The molecular weight excluding hydrogens is 1340 g/mol. The number of hydrogen-bond acceptors (Lipinski definition) is 18. The number of para-hydroxylation sites is 1. The van der Waals surface area contributed by atoms with Crippen LogP contribution < -0.4 is 42.0 Å². The molecule has 0 saturated heterocycles. The standard InChI is InChI=1S/C74H89N13O15S/c1-44(2)62(81-58(88)16-8-7-11-29-85-59(89)25-26-60(85)90)66(95)87(54(64(75)93)14-12-28-77-68(76)98)47-19-17-46(18-20-47)35-101-70(99)83(6)31-32-102-74-40-71(4)37-72(5,41-74)39-73(38-71,42-74)43-86-45(3)51(33-78-86)49-22-24-57(80-63(49)67(96)97)84-30-27-48-52(34-84)50(21-23-55(48)100-36-61(91)92)65(94)82-69-79-53-13-9-10-15-56(53)103-69/h9-10,13,15,17-26,33,44,54,62H,7-8,11-12,14,16,27-32,34-43H2,1-6H3,(H2,75,93)(H,81,88)(H,91,92)(H,96,97)(H3,76,77,98)(H,79,82,94)/t54-,62-,71?,72?,73?,74?/m0/s1. The number of nitrogens with two attached hydrogens (primary N) is 2. The minimum absolute atomic E-state index is 0.0370. The van der Waals surface area contributed by atoms with Crippen LogP contribution in [0.1, 0.15) is 148 Å². The topological polar surface area (TPSA) is 384 Å². The summed E-state index contributed by atoms with van der Waals surface area (Å²) in [5, 5.41) is 33.9. The Kier molecular flexibility index (Phi) is 22.1. The predicted molar refractivity (Wildman–Crippen MR) is 382 cm³/mol. The van der Waals surface area contributed by atoms with Gasteiger partial charge in [0.2, 0.25) is 11.8 Å². The number of imide groups is 1. The Labute approximate surface area is 599 Å². The molecule has 9 amide bonds. The maximum Gasteiger partial charge on any atom is 0.409 e. The average Bonchev–Trinajstić information content (AvgIpc) is 0.841. The molecule has 5 heterocycles. The Balaban J connectivity index is 0.719. The molecule has 4 saturated carbocycles. The maximum absolute atomic E-state index is 14.7. The Morgan fingerprint density at radius 2 is 1.54 bits per heavy atom. The Bertz CT molecular complexity index is 4250. The number of ether oxygens (including phenoxy) is 3. The number of aromatic nitrogens is 4. The molecule has 6 aromatic rings. The minimum atomic E-state index is -1.23. The van der Waals surface area contributed by atoms with Gasteiger partial charge < -0.3 is 56.3 Å². The number of benzene rings is 3. The van der Waals surface area contributed by atoms with Crippen molar-refractivity contribution in [2.24, 2.45) is 33.6 Å². The van der Waals surface area contributed by atoms with Gasteiger partial charge >= 0.3 is 24.1 Å². The van der Waals surface area contributed by atoms with E-state index in [1.165, 1.54) is 33.3 Å². The van der Waals surface area contributed by atoms with E-state index in [9.17, 15) is 58.2 Å². The molecule has 4 atom stereocenters. The summed E-state index contributed by atoms with van der Waals surface area (Å²) in [4.78, 5) is 144. The number of thiazole rings is 1. The second-order valence-electron chi connectivity index (χ2n) is 29.2. The van der Waals surface area contributed by atoms with E-state index in [0.29, 0.717) is 88.9 Å². The minimum Gasteiger partial charge on any atom is -0.482 e. The van der Waals surface area contributed by atoms with E-state index in [4.69, 9.17) is 35.8 Å². The monoisotopic (exact) mass is 1430 g/mol. The lowest BCUT2D eigenvalue weighted by molar-refractivity contribution is -0.248. The van der Waals surface area contributed by atoms with Crippen LogP contribution in [0.15, 0.2) is 91.1 Å². The van der Waals surface area contributed by atoms with Gasteiger partial charge in [-0.3, -0.25) is 48.6 Å². The van der Waals surface area contributed by atoms with Gasteiger partial charge in [-0.2, -0.15) is 5.10 Å². The number of aliphatic carboxylic acids is 1. The Morgan fingerprint density at radius 3 is 2.22 bits per heavy atom. The zero-order valence-corrected chi connectivity index (χ0v) is 59.6. The number of primary amides is 2. The number of carbonyl (C=O) groups excluding carboxylic acids is 8. The van der Waals surface area contributed by atoms with Crippen LogP contribution in [0.3, 0.4) is 0 Å². The van der Waals surface area contributed by atoms with Crippen molar-refractivity contribution >= 4 is 97.7 Å². The van der Waals surface area contributed by atoms with Crippen molar-refractivity contribution in [2.45, 2.75) is 155 Å². The Morgan fingerprint density at radius 1 is 0.816 bits per heavy atom. The number of anilines is 3. The number of unbranched alkanes of at least 4 members (excludes halogenated alkanes) is 2. The van der Waals surface area contributed by atoms with Crippen LogP contribution >= 0.6 is 11.3 Å². The molecule has 546 valence electrons. The fraction of sp³-hybridized carbons (Fsp3) is 0.473. The maximum atomic E-state index is 14.7. The van der Waals surface area contributed by atoms with E-state index < -0.39 is 77.9 Å². The number of amides is 9. The number of carboxylic acids is 2. The number of aromatic carboxylic acids is 1. The summed E-state index contributed by atoms with van der Waals surface area (Å²) in [5.41, 5.74) is 15.3. The van der Waals surface area contributed by atoms with Crippen LogP contribution in [0, 0.1) is 29.1 Å². The molecule has 3 aromatic carbocycles. The number of nitrogens with one attached hydrogen (secondary N) is 3. The summed E-state index contributed by atoms with van der Waals surface area (Å²) in [5.74, 6) is -5.11. The first-order valence-corrected chi connectivity index (χ1v) is 35.6. The van der Waals surface area contributed by atoms with E-state index in [1.807, 2.05) is 40.8 Å². The highest BCUT2D eigenvalue weighted by Gasteiger charge is 2.66. The molecule has 6 aliphatic rings. The highest BCUT2D eigenvalue weighted by molar-refractivity contribution is 7.22. The van der Waals surface area contributed by atoms with Gasteiger partial charge in [-0.15, -0.1) is 0 Å². The molecule has 0 radical (unpaired) electrons. The molecule has 12 rings (SSSR count). The first kappa shape index (κ1) is 73.9. The normalized spacial score (nSPS) is 20.7. The second-order valence-corrected chi connectivity index (χ2v) is 30.2. The second kappa shape index (κ2) is 30.7. The van der Waals surface area contributed by atoms with E-state index in [1.54, 1.807) is 75.6 Å². The predicted octanol–water partition coefficient (Wildman–Crippen LogP) is 8.51. The number of carboxylic acid groups (broad SMARTS) is 2. The van der Waals surface area contributed by atoms with E-state index in [2.05, 4.69) is 34.8 Å². The molecule has 0 spiro atoms. The highest BCUT2D eigenvalue weighted by atomic mass is 32.1. The molecule has 4 bridgehead atoms. The first-order valence-electron chi connectivity index (χ1n) is 34.8. The lowest BCUT2D eigenvalue weighted by atomic mass is 9.39. The van der Waals surface area contributed by atoms with Gasteiger partial charge in [0.25, 0.3) is 23.6 Å². The van der Waals surface area contributed by atoms with Crippen LogP contribution in [0.25, 0.3) is 21.3 Å². The molecule has 2 aliphatic heterocycles. The lowest BCUT2D eigenvalue weighted by Gasteiger charge is -2.69. The third-order valence-electron chi connectivity index (χ3n) is 20.4. The summed E-state index contributed by atoms with van der Waals surface area (Å²) in [6, 6.07) is 17.7. The zero-order valence-electron chi connectivity index (χ0n) is 58.8. The fourth-order valence-electron chi connectivity index (χ4n) is 16.9. The van der Waals surface area contributed by atoms with Crippen molar-refractivity contribution in [1.82, 2.24) is 40.2 Å². The number of urea groups is 1. The Hall–Kier alpha value is -10.3. The lowest BCUT2D eigenvalue weighted by Crippen LogP contribution is -2.64. The van der Waals surface area contributed by atoms with Crippen molar-refractivity contribution in [3.05, 3.63) is 125 Å². The summed E-state index contributed by atoms with van der Waals surface area (Å²) < 4.78 is 21.4. The number of pyridine rings is 1. The molecule has 9 N–H and O–H groups in total. The number of likely N-dealkylation sites (N-methyl/N-ethyl adjacent to an activating group) is 1. The smallest absolute Gasteiger partial charge is 0.409 e. The van der Waals surface area contributed by atoms with Gasteiger partial charge in [0.15, 0.2) is 17.4 Å². The van der Waals surface area contributed by atoms with Crippen LogP contribution in [0.4, 0.5) is 26.2 Å². The van der Waals surface area contributed by atoms with Gasteiger partial charge in [0.1, 0.15) is 30.3 Å². The van der Waals surface area contributed by atoms with Crippen molar-refractivity contribution in [2.75, 3.05) is 61.6 Å². The van der Waals surface area contributed by atoms with Crippen molar-refractivity contribution in [3.8, 4) is 16.9 Å². The third kappa shape index (κ3) is 16.9. The van der Waals surface area contributed by atoms with Gasteiger partial charge in [-0.25, -0.2) is 29.1 Å². The van der Waals surface area contributed by atoms with Gasteiger partial charge in [-0.05, 0) is 159 Å². The summed E-state index contributed by atoms with van der Waals surface area (Å²) >= 11 is 1.34. The number of hydrogen-bond donors (Lipinski definition) is 7. The van der Waals surface area contributed by atoms with Crippen LogP contribution in [0.5, 0.6) is 5.75 Å². The molecule has 4 fully saturated rings. The van der Waals surface area contributed by atoms with E-state index in [-0.39, 0.29) is 98.1 Å². The number of carbonyl (C=O) groups is 10. The molecule has 28 nitrogen and oxygen atoms in total. The molecule has 103 heavy (non-hydrogen) atoms. The molecule has 29 heteroatoms. The summed E-state index contributed by atoms with van der Waals surface area (Å²) in [6.07, 6.45) is 11.0. The molecular formula is C74H89N13O15S. The summed E-state index contributed by atoms with van der Waals surface area (Å²) in [7, 11) is 1.64.